The Balaban J connectivity index is 0.000000118. The van der Waals surface area contributed by atoms with Crippen LogP contribution in [0.5, 0.6) is 0 Å². The molecule has 23 aromatic rings. The largest absolute Gasteiger partial charge is 0.488 e. The van der Waals surface area contributed by atoms with Crippen LogP contribution < -0.4 is 10.9 Å². The second kappa shape index (κ2) is 45.0. The molecule has 2 aliphatic rings. The fourth-order valence-corrected chi connectivity index (χ4v) is 20.4. The van der Waals surface area contributed by atoms with E-state index >= 15 is 0 Å². The third kappa shape index (κ3) is 21.2. The van der Waals surface area contributed by atoms with Crippen LogP contribution in [0.3, 0.4) is 0 Å². The maximum atomic E-state index is 9.72. The molecule has 0 spiro atoms. The minimum atomic E-state index is -1.49. The molecule has 3 aromatic heterocycles. The van der Waals surface area contributed by atoms with Gasteiger partial charge in [-0.2, -0.15) is 0 Å². The molecule has 0 radical (unpaired) electrons. The van der Waals surface area contributed by atoms with Gasteiger partial charge in [-0.1, -0.05) is 512 Å². The summed E-state index contributed by atoms with van der Waals surface area (Å²) in [4.78, 5) is 43.3. The Hall–Kier alpha value is -17.5. The van der Waals surface area contributed by atoms with Gasteiger partial charge >= 0.3 is 14.2 Å². The van der Waals surface area contributed by atoms with Gasteiger partial charge in [0, 0.05) is 64.6 Å². The average molecular weight is 2030 g/mol. The molecule has 0 saturated heterocycles. The maximum absolute atomic E-state index is 9.72. The highest BCUT2D eigenvalue weighted by atomic mass is 79.9. The first kappa shape index (κ1) is 97.5. The number of hydrogen-bond acceptors (Lipinski definition) is 13. The van der Waals surface area contributed by atoms with Crippen LogP contribution in [0.25, 0.3) is 158 Å². The summed E-state index contributed by atoms with van der Waals surface area (Å²) < 4.78 is 0.993. The smallest absolute Gasteiger partial charge is 0.423 e. The zero-order valence-electron chi connectivity index (χ0n) is 80.4. The van der Waals surface area contributed by atoms with Crippen LogP contribution in [0.1, 0.15) is 44.5 Å². The summed E-state index contributed by atoms with van der Waals surface area (Å²) in [7, 11) is -2.92. The number of fused-ring (bicyclic) bond motifs is 6. The van der Waals surface area contributed by atoms with Gasteiger partial charge in [0.1, 0.15) is 0 Å². The molecule has 712 valence electrons. The Labute approximate surface area is 884 Å². The van der Waals surface area contributed by atoms with Crippen molar-refractivity contribution in [3.63, 3.8) is 0 Å². The summed E-state index contributed by atoms with van der Waals surface area (Å²) in [5.41, 5.74) is 30.0. The van der Waals surface area contributed by atoms with Gasteiger partial charge in [-0.25, -0.2) is 44.9 Å². The lowest BCUT2D eigenvalue weighted by Crippen LogP contribution is -2.31. The maximum Gasteiger partial charge on any atom is 0.488 e. The minimum absolute atomic E-state index is 0.410. The number of benzene rings is 20. The molecule has 2 aliphatic carbocycles. The van der Waals surface area contributed by atoms with Crippen molar-refractivity contribution in [2.45, 2.75) is 10.8 Å². The van der Waals surface area contributed by atoms with E-state index in [0.29, 0.717) is 73.4 Å². The summed E-state index contributed by atoms with van der Waals surface area (Å²) in [5, 5.41) is 37.9. The molecule has 0 fully saturated rings. The molecule has 0 unspecified atom stereocenters. The Morgan fingerprint density at radius 3 is 0.698 bits per heavy atom. The van der Waals surface area contributed by atoms with E-state index in [1.54, 1.807) is 18.2 Å². The molecule has 25 rings (SSSR count). The topological polar surface area (TPSA) is 197 Å². The number of nitrogens with zero attached hydrogens (tertiary/aromatic N) is 9. The van der Waals surface area contributed by atoms with Gasteiger partial charge < -0.3 is 20.1 Å². The Morgan fingerprint density at radius 1 is 0.168 bits per heavy atom. The van der Waals surface area contributed by atoms with Gasteiger partial charge in [0.05, 0.1) is 10.8 Å². The highest BCUT2D eigenvalue weighted by molar-refractivity contribution is 9.10. The zero-order valence-corrected chi connectivity index (χ0v) is 83.5. The van der Waals surface area contributed by atoms with Gasteiger partial charge in [0.25, 0.3) is 0 Å². The summed E-state index contributed by atoms with van der Waals surface area (Å²) in [5.74, 6) is 5.88. The van der Waals surface area contributed by atoms with Crippen LogP contribution in [0.2, 0.25) is 10.0 Å². The Kier molecular flexibility index (Phi) is 29.4. The highest BCUT2D eigenvalue weighted by Crippen LogP contribution is 2.58. The van der Waals surface area contributed by atoms with E-state index in [1.807, 2.05) is 279 Å². The van der Waals surface area contributed by atoms with E-state index in [9.17, 15) is 10.0 Å². The van der Waals surface area contributed by atoms with E-state index in [4.69, 9.17) is 73.1 Å². The highest BCUT2D eigenvalue weighted by Gasteiger charge is 2.48. The third-order valence-electron chi connectivity index (χ3n) is 26.5. The lowest BCUT2D eigenvalue weighted by Gasteiger charge is -2.33. The molecular formula is C131H92B2BrCl2N9O4. The summed E-state index contributed by atoms with van der Waals surface area (Å²) >= 11 is 15.3. The molecular weight excluding hydrogens is 1940 g/mol. The number of aromatic nitrogens is 9. The number of halogens is 3. The quantitative estimate of drug-likeness (QED) is 0.0593. The van der Waals surface area contributed by atoms with Crippen molar-refractivity contribution in [2.24, 2.45) is 0 Å². The van der Waals surface area contributed by atoms with Crippen molar-refractivity contribution < 1.29 is 20.1 Å². The average Bonchev–Trinajstić information content (AvgIpc) is 1.54. The number of rotatable bonds is 18. The second-order valence-corrected chi connectivity index (χ2v) is 37.6. The SMILES string of the molecule is Brc1cccc(-c2nc(-c3ccccc3)nc(-c3ccccc3)n2)c1.Clc1cccc(-c2cccc(-c3nc(-c4ccccc4)nc(-c4ccccc4)n3)c2)c1.OB(O)c1ccc2c(c1)-c1ccccc1C2(c1ccccc1)c1ccccc1.OB(O)c1cccc(Cl)c1.c1ccc(-c2nc(-c3ccccc3)nc(-c3cccc(-c4cccc(-c5ccc6c(c5)-c5ccccc5C6(c5ccccc5)c5ccccc5)c4)c3)n2)cc1. The Bertz CT molecular complexity index is 8380. The summed E-state index contributed by atoms with van der Waals surface area (Å²) in [6.07, 6.45) is 0. The fraction of sp³-hybridized carbons (Fsp3) is 0.0153. The molecule has 20 aromatic carbocycles. The van der Waals surface area contributed by atoms with Crippen LogP contribution in [0.4, 0.5) is 0 Å². The predicted molar refractivity (Wildman–Crippen MR) is 610 cm³/mol. The molecule has 149 heavy (non-hydrogen) atoms. The first-order chi connectivity index (χ1) is 73.2. The van der Waals surface area contributed by atoms with E-state index in [-0.39, 0.29) is 0 Å². The van der Waals surface area contributed by atoms with Crippen LogP contribution in [0, 0.1) is 0 Å². The zero-order chi connectivity index (χ0) is 101. The molecule has 13 nitrogen and oxygen atoms in total. The molecule has 0 aliphatic heterocycles. The minimum Gasteiger partial charge on any atom is -0.423 e. The molecule has 0 bridgehead atoms. The molecule has 3 heterocycles. The normalized spacial score (nSPS) is 11.8. The van der Waals surface area contributed by atoms with Crippen LogP contribution in [0.15, 0.2) is 538 Å². The standard InChI is InChI=1S/C52H35N3.C27H18ClN3.C25H19BO2.C21H14BrN3.C6H6BClO2/c1-5-17-36(18-6-1)49-53-50(37-19-7-2-8-20-37)55-51(54-49)42-24-16-23-40(34-42)38-21-15-22-39(33-38)41-31-32-48-46(35-41)45-29-13-14-30-47(45)52(48,43-25-9-3-10-26-43)44-27-11-4-12-28-44;28-24-16-8-14-22(18-24)21-13-7-15-23(17-21)27-30-25(19-9-3-1-4-10-19)29-26(31-27)20-11-5-2-6-12-20;27-26(28)20-15-16-24-22(17-20)21-13-7-8-14-23(21)25(24,18-9-3-1-4-10-18)19-11-5-2-6-12-19;22-18-13-7-12-17(14-18)21-24-19(15-8-3-1-4-9-15)23-20(25-21)16-10-5-2-6-11-16;8-6-3-1-2-5(4-6)7(9)10/h1-35H;1-18H;1-17,27-28H;1-14H;1-4,9-10H. The van der Waals surface area contributed by atoms with E-state index in [0.717, 1.165) is 99.1 Å². The molecule has 0 amide bonds. The fourth-order valence-electron chi connectivity index (χ4n) is 19.6. The first-order valence-corrected chi connectivity index (χ1v) is 50.4. The summed E-state index contributed by atoms with van der Waals surface area (Å²) in [6.45, 7) is 0. The van der Waals surface area contributed by atoms with Gasteiger partial charge in [-0.3, -0.25) is 0 Å². The predicted octanol–water partition coefficient (Wildman–Crippen LogP) is 29.1. The van der Waals surface area contributed by atoms with Gasteiger partial charge in [-0.05, 0) is 172 Å². The van der Waals surface area contributed by atoms with Gasteiger partial charge in [-0.15, -0.1) is 0 Å². The monoisotopic (exact) mass is 2030 g/mol. The Morgan fingerprint density at radius 2 is 0.389 bits per heavy atom. The molecule has 18 heteroatoms. The third-order valence-corrected chi connectivity index (χ3v) is 27.5. The van der Waals surface area contributed by atoms with Gasteiger partial charge in [0.2, 0.25) is 0 Å². The van der Waals surface area contributed by atoms with Crippen molar-refractivity contribution in [2.75, 3.05) is 0 Å². The molecule has 0 saturated carbocycles. The van der Waals surface area contributed by atoms with Crippen molar-refractivity contribution in [1.82, 2.24) is 44.9 Å². The van der Waals surface area contributed by atoms with Crippen molar-refractivity contribution in [3.05, 3.63) is 593 Å². The van der Waals surface area contributed by atoms with Crippen molar-refractivity contribution in [1.29, 1.82) is 0 Å². The molecule has 4 N–H and O–H groups in total. The second-order valence-electron chi connectivity index (χ2n) is 35.8. The summed E-state index contributed by atoms with van der Waals surface area (Å²) in [6, 6.07) is 181. The van der Waals surface area contributed by atoms with Crippen LogP contribution in [-0.2, 0) is 10.8 Å². The lowest BCUT2D eigenvalue weighted by atomic mass is 9.67. The lowest BCUT2D eigenvalue weighted by molar-refractivity contribution is 0.424. The van der Waals surface area contributed by atoms with Crippen LogP contribution in [-0.4, -0.2) is 79.2 Å². The number of hydrogen-bond donors (Lipinski definition) is 4. The van der Waals surface area contributed by atoms with E-state index < -0.39 is 25.1 Å². The van der Waals surface area contributed by atoms with Crippen molar-refractivity contribution >= 4 is 64.3 Å². The van der Waals surface area contributed by atoms with Gasteiger partial charge in [0.15, 0.2) is 52.4 Å². The van der Waals surface area contributed by atoms with Crippen molar-refractivity contribution in [3.8, 4) is 158 Å². The van der Waals surface area contributed by atoms with E-state index in [1.165, 1.54) is 61.7 Å². The molecule has 0 atom stereocenters. The first-order valence-electron chi connectivity index (χ1n) is 48.9. The van der Waals surface area contributed by atoms with E-state index in [2.05, 4.69) is 251 Å². The van der Waals surface area contributed by atoms with Crippen LogP contribution >= 0.6 is 39.1 Å².